The van der Waals surface area contributed by atoms with Crippen molar-refractivity contribution in [2.75, 3.05) is 11.9 Å². The third kappa shape index (κ3) is 13.9. The molecule has 3 heteroatoms. The largest absolute Gasteiger partial charge is 0.457 e. The van der Waals surface area contributed by atoms with Gasteiger partial charge in [-0.15, -0.1) is 0 Å². The fourth-order valence-electron chi connectivity index (χ4n) is 1.72. The van der Waals surface area contributed by atoms with Gasteiger partial charge in [-0.2, -0.15) is 0 Å². The van der Waals surface area contributed by atoms with Crippen molar-refractivity contribution < 1.29 is 9.53 Å². The molecule has 1 radical (unpaired) electrons. The third-order valence-electron chi connectivity index (χ3n) is 2.69. The van der Waals surface area contributed by atoms with Crippen molar-refractivity contribution in [2.24, 2.45) is 0 Å². The molecule has 0 atom stereocenters. The highest BCUT2D eigenvalue weighted by Crippen LogP contribution is 2.10. The molecule has 0 aliphatic carbocycles. The molecular weight excluding hydrogens is 268 g/mol. The Hall–Kier alpha value is -0.0500. The summed E-state index contributed by atoms with van der Waals surface area (Å²) >= 11 is 3.44. The number of halogens is 1. The lowest BCUT2D eigenvalue weighted by molar-refractivity contribution is 0.268. The van der Waals surface area contributed by atoms with Crippen LogP contribution in [0.25, 0.3) is 0 Å². The second-order valence-electron chi connectivity index (χ2n) is 4.16. The average Bonchev–Trinajstić information content (AvgIpc) is 2.31. The van der Waals surface area contributed by atoms with Crippen molar-refractivity contribution in [1.82, 2.24) is 0 Å². The van der Waals surface area contributed by atoms with Gasteiger partial charge < -0.3 is 4.74 Å². The molecule has 0 N–H and O–H groups in total. The number of hydrogen-bond donors (Lipinski definition) is 0. The molecular formula is C13H24BrO2. The maximum absolute atomic E-state index is 9.74. The van der Waals surface area contributed by atoms with Gasteiger partial charge in [-0.25, -0.2) is 4.79 Å². The summed E-state index contributed by atoms with van der Waals surface area (Å²) in [6, 6.07) is 0. The summed E-state index contributed by atoms with van der Waals surface area (Å²) in [6.07, 6.45) is 12.9. The van der Waals surface area contributed by atoms with Crippen LogP contribution in [0.5, 0.6) is 0 Å². The maximum atomic E-state index is 9.74. The Balaban J connectivity index is 2.85. The van der Waals surface area contributed by atoms with E-state index in [1.165, 1.54) is 64.3 Å². The molecule has 2 nitrogen and oxygen atoms in total. The van der Waals surface area contributed by atoms with E-state index in [4.69, 9.17) is 0 Å². The zero-order valence-electron chi connectivity index (χ0n) is 10.2. The number of alkyl halides is 1. The predicted octanol–water partition coefficient (Wildman–Crippen LogP) is 4.37. The van der Waals surface area contributed by atoms with Crippen LogP contribution in [0.2, 0.25) is 0 Å². The lowest BCUT2D eigenvalue weighted by Gasteiger charge is -2.01. The van der Waals surface area contributed by atoms with Crippen molar-refractivity contribution in [3.63, 3.8) is 0 Å². The van der Waals surface area contributed by atoms with E-state index in [0.29, 0.717) is 6.61 Å². The van der Waals surface area contributed by atoms with E-state index in [1.54, 1.807) is 0 Å². The topological polar surface area (TPSA) is 26.3 Å². The standard InChI is InChI=1S/C13H24BrO2/c14-11-9-7-5-3-1-2-4-6-8-10-12-16-13-15/h1-12H2. The molecule has 0 aliphatic heterocycles. The van der Waals surface area contributed by atoms with Gasteiger partial charge in [0.05, 0.1) is 6.61 Å². The molecule has 0 fully saturated rings. The summed E-state index contributed by atoms with van der Waals surface area (Å²) in [7, 11) is 0. The molecule has 0 aromatic carbocycles. The fraction of sp³-hybridized carbons (Fsp3) is 0.923. The normalized spacial score (nSPS) is 10.3. The van der Waals surface area contributed by atoms with Crippen LogP contribution in [0, 0.1) is 0 Å². The summed E-state index contributed by atoms with van der Waals surface area (Å²) in [5.41, 5.74) is 0. The van der Waals surface area contributed by atoms with Crippen LogP contribution in [0.15, 0.2) is 0 Å². The molecule has 0 spiro atoms. The fourth-order valence-corrected chi connectivity index (χ4v) is 2.12. The molecule has 0 heterocycles. The second kappa shape index (κ2) is 14.9. The lowest BCUT2D eigenvalue weighted by Crippen LogP contribution is -1.91. The predicted molar refractivity (Wildman–Crippen MR) is 71.6 cm³/mol. The number of carbonyl (C=O) groups excluding carboxylic acids is 1. The van der Waals surface area contributed by atoms with Gasteiger partial charge in [0.15, 0.2) is 0 Å². The zero-order valence-corrected chi connectivity index (χ0v) is 11.8. The third-order valence-corrected chi connectivity index (χ3v) is 3.25. The van der Waals surface area contributed by atoms with Crippen molar-refractivity contribution in [2.45, 2.75) is 64.2 Å². The molecule has 0 amide bonds. The minimum atomic E-state index is 0.538. The van der Waals surface area contributed by atoms with Gasteiger partial charge in [-0.05, 0) is 12.8 Å². The molecule has 16 heavy (non-hydrogen) atoms. The van der Waals surface area contributed by atoms with Gasteiger partial charge in [0, 0.05) is 5.33 Å². The number of ether oxygens (including phenoxy) is 1. The highest BCUT2D eigenvalue weighted by Gasteiger charge is 1.93. The Kier molecular flexibility index (Phi) is 14.9. The highest BCUT2D eigenvalue weighted by molar-refractivity contribution is 9.09. The smallest absolute Gasteiger partial charge is 0.417 e. The molecule has 0 aromatic heterocycles. The molecule has 95 valence electrons. The van der Waals surface area contributed by atoms with E-state index >= 15 is 0 Å². The van der Waals surface area contributed by atoms with Crippen LogP contribution in [0.1, 0.15) is 64.2 Å². The Bertz CT molecular complexity index is 140. The first-order valence-corrected chi connectivity index (χ1v) is 7.59. The van der Waals surface area contributed by atoms with Crippen molar-refractivity contribution in [3.05, 3.63) is 0 Å². The van der Waals surface area contributed by atoms with Crippen molar-refractivity contribution >= 4 is 22.4 Å². The molecule has 0 aliphatic rings. The lowest BCUT2D eigenvalue weighted by atomic mass is 10.1. The number of unbranched alkanes of at least 4 members (excludes halogenated alkanes) is 9. The summed E-state index contributed by atoms with van der Waals surface area (Å²) in [6.45, 7) is 1.99. The quantitative estimate of drug-likeness (QED) is 0.372. The van der Waals surface area contributed by atoms with Crippen LogP contribution < -0.4 is 0 Å². The highest BCUT2D eigenvalue weighted by atomic mass is 79.9. The van der Waals surface area contributed by atoms with E-state index in [2.05, 4.69) is 20.7 Å². The molecule has 0 aromatic rings. The van der Waals surface area contributed by atoms with Crippen LogP contribution in [-0.2, 0) is 9.53 Å². The minimum Gasteiger partial charge on any atom is -0.457 e. The van der Waals surface area contributed by atoms with Crippen LogP contribution in [0.4, 0.5) is 0 Å². The van der Waals surface area contributed by atoms with Gasteiger partial charge in [-0.3, -0.25) is 0 Å². The molecule has 0 saturated heterocycles. The van der Waals surface area contributed by atoms with Crippen molar-refractivity contribution in [3.8, 4) is 0 Å². The first-order valence-electron chi connectivity index (χ1n) is 6.46. The first kappa shape index (κ1) is 16.0. The van der Waals surface area contributed by atoms with Crippen LogP contribution >= 0.6 is 15.9 Å². The van der Waals surface area contributed by atoms with E-state index in [1.807, 2.05) is 0 Å². The summed E-state index contributed by atoms with van der Waals surface area (Å²) in [5.74, 6) is 0. The van der Waals surface area contributed by atoms with Gasteiger partial charge in [0.2, 0.25) is 0 Å². The van der Waals surface area contributed by atoms with Crippen molar-refractivity contribution in [1.29, 1.82) is 0 Å². The summed E-state index contributed by atoms with van der Waals surface area (Å²) in [5, 5.41) is 1.15. The van der Waals surface area contributed by atoms with E-state index in [9.17, 15) is 4.79 Å². The first-order chi connectivity index (χ1) is 7.91. The zero-order chi connectivity index (χ0) is 11.9. The van der Waals surface area contributed by atoms with E-state index < -0.39 is 0 Å². The summed E-state index contributed by atoms with van der Waals surface area (Å²) in [4.78, 5) is 9.74. The van der Waals surface area contributed by atoms with E-state index in [0.717, 1.165) is 11.8 Å². The second-order valence-corrected chi connectivity index (χ2v) is 4.95. The van der Waals surface area contributed by atoms with E-state index in [-0.39, 0.29) is 0 Å². The number of hydrogen-bond acceptors (Lipinski definition) is 2. The van der Waals surface area contributed by atoms with Crippen LogP contribution in [0.3, 0.4) is 0 Å². The Morgan fingerprint density at radius 2 is 1.19 bits per heavy atom. The molecule has 0 unspecified atom stereocenters. The monoisotopic (exact) mass is 291 g/mol. The van der Waals surface area contributed by atoms with Gasteiger partial charge in [-0.1, -0.05) is 67.3 Å². The molecule has 0 saturated carbocycles. The maximum Gasteiger partial charge on any atom is 0.417 e. The van der Waals surface area contributed by atoms with Gasteiger partial charge in [0.25, 0.3) is 0 Å². The van der Waals surface area contributed by atoms with Crippen LogP contribution in [-0.4, -0.2) is 18.4 Å². The minimum absolute atomic E-state index is 0.538. The Labute approximate surface area is 108 Å². The Morgan fingerprint density at radius 3 is 1.62 bits per heavy atom. The Morgan fingerprint density at radius 1 is 0.750 bits per heavy atom. The summed E-state index contributed by atoms with van der Waals surface area (Å²) < 4.78 is 4.51. The molecule has 0 bridgehead atoms. The van der Waals surface area contributed by atoms with Gasteiger partial charge >= 0.3 is 6.47 Å². The van der Waals surface area contributed by atoms with Gasteiger partial charge in [0.1, 0.15) is 0 Å². The average molecular weight is 292 g/mol. The SMILES string of the molecule is O=[C]OCCCCCCCCCCCCBr. The molecule has 0 rings (SSSR count). The number of rotatable bonds is 13.